The number of aromatic nitrogens is 3. The van der Waals surface area contributed by atoms with Gasteiger partial charge in [-0.05, 0) is 55.0 Å². The van der Waals surface area contributed by atoms with Crippen LogP contribution in [0.2, 0.25) is 0 Å². The van der Waals surface area contributed by atoms with Crippen LogP contribution in [0.3, 0.4) is 0 Å². The number of nitrogens with zero attached hydrogens (tertiary/aromatic N) is 3. The van der Waals surface area contributed by atoms with Crippen LogP contribution in [0, 0.1) is 5.92 Å². The quantitative estimate of drug-likeness (QED) is 0.249. The Labute approximate surface area is 212 Å². The molecule has 4 rings (SSSR count). The second-order valence-electron chi connectivity index (χ2n) is 8.32. The molecule has 8 nitrogen and oxygen atoms in total. The van der Waals surface area contributed by atoms with E-state index in [0.29, 0.717) is 34.0 Å². The molecule has 2 aromatic heterocycles. The minimum absolute atomic E-state index is 0.122. The van der Waals surface area contributed by atoms with Crippen LogP contribution in [0.4, 0.5) is 5.00 Å². The predicted molar refractivity (Wildman–Crippen MR) is 138 cm³/mol. The summed E-state index contributed by atoms with van der Waals surface area (Å²) in [5, 5.41) is 12.7. The molecule has 0 saturated heterocycles. The van der Waals surface area contributed by atoms with E-state index >= 15 is 0 Å². The molecule has 10 heteroatoms. The molecule has 1 aliphatic rings. The first-order valence-corrected chi connectivity index (χ1v) is 13.1. The van der Waals surface area contributed by atoms with Crippen molar-refractivity contribution in [3.05, 3.63) is 52.9 Å². The van der Waals surface area contributed by atoms with Crippen molar-refractivity contribution in [1.29, 1.82) is 0 Å². The number of carbonyl (C=O) groups excluding carboxylic acids is 2. The van der Waals surface area contributed by atoms with Crippen molar-refractivity contribution in [2.75, 3.05) is 25.3 Å². The van der Waals surface area contributed by atoms with Gasteiger partial charge in [0.15, 0.2) is 11.0 Å². The summed E-state index contributed by atoms with van der Waals surface area (Å²) < 4.78 is 12.2. The van der Waals surface area contributed by atoms with Gasteiger partial charge in [-0.1, -0.05) is 24.8 Å². The number of esters is 1. The van der Waals surface area contributed by atoms with Gasteiger partial charge in [-0.2, -0.15) is 0 Å². The Morgan fingerprint density at radius 1 is 1.29 bits per heavy atom. The molecule has 0 fully saturated rings. The summed E-state index contributed by atoms with van der Waals surface area (Å²) >= 11 is 2.76. The smallest absolute Gasteiger partial charge is 0.341 e. The fourth-order valence-corrected chi connectivity index (χ4v) is 6.26. The van der Waals surface area contributed by atoms with Gasteiger partial charge in [0.05, 0.1) is 25.5 Å². The Balaban J connectivity index is 1.50. The van der Waals surface area contributed by atoms with E-state index in [9.17, 15) is 9.59 Å². The lowest BCUT2D eigenvalue weighted by Crippen LogP contribution is -2.17. The van der Waals surface area contributed by atoms with Gasteiger partial charge < -0.3 is 14.8 Å². The summed E-state index contributed by atoms with van der Waals surface area (Å²) in [6, 6.07) is 7.56. The number of nitrogens with one attached hydrogen (secondary N) is 1. The van der Waals surface area contributed by atoms with Crippen LogP contribution >= 0.6 is 23.1 Å². The van der Waals surface area contributed by atoms with Gasteiger partial charge in [-0.3, -0.25) is 9.36 Å². The van der Waals surface area contributed by atoms with Crippen LogP contribution in [-0.2, 0) is 28.9 Å². The van der Waals surface area contributed by atoms with E-state index in [1.54, 1.807) is 13.2 Å². The molecule has 1 atom stereocenters. The van der Waals surface area contributed by atoms with Gasteiger partial charge in [0.2, 0.25) is 5.91 Å². The molecule has 184 valence electrons. The Hall–Kier alpha value is -3.11. The first-order chi connectivity index (χ1) is 16.9. The average molecular weight is 513 g/mol. The summed E-state index contributed by atoms with van der Waals surface area (Å²) in [7, 11) is 2.99. The first kappa shape index (κ1) is 25.0. The first-order valence-electron chi connectivity index (χ1n) is 11.3. The molecule has 3 aromatic rings. The predicted octanol–water partition coefficient (Wildman–Crippen LogP) is 4.84. The van der Waals surface area contributed by atoms with E-state index in [1.807, 2.05) is 28.8 Å². The number of methoxy groups -OCH3 is 2. The molecular weight excluding hydrogens is 484 g/mol. The molecule has 0 saturated carbocycles. The average Bonchev–Trinajstić information content (AvgIpc) is 3.42. The van der Waals surface area contributed by atoms with Crippen molar-refractivity contribution in [3.8, 4) is 17.1 Å². The fourth-order valence-electron chi connectivity index (χ4n) is 4.09. The summed E-state index contributed by atoms with van der Waals surface area (Å²) in [5.74, 6) is 1.49. The maximum atomic E-state index is 12.9. The number of benzene rings is 1. The van der Waals surface area contributed by atoms with Crippen molar-refractivity contribution in [2.24, 2.45) is 5.92 Å². The third-order valence-electron chi connectivity index (χ3n) is 5.86. The number of amides is 1. The maximum Gasteiger partial charge on any atom is 0.341 e. The molecule has 0 bridgehead atoms. The maximum absolute atomic E-state index is 12.9. The van der Waals surface area contributed by atoms with E-state index < -0.39 is 5.97 Å². The lowest BCUT2D eigenvalue weighted by Gasteiger charge is -2.18. The van der Waals surface area contributed by atoms with E-state index in [-0.39, 0.29) is 11.7 Å². The number of anilines is 1. The minimum atomic E-state index is -0.408. The highest BCUT2D eigenvalue weighted by molar-refractivity contribution is 7.99. The van der Waals surface area contributed by atoms with Crippen LogP contribution in [0.1, 0.15) is 34.1 Å². The Morgan fingerprint density at radius 2 is 2.06 bits per heavy atom. The number of fused-ring (bicyclic) bond motifs is 1. The van der Waals surface area contributed by atoms with E-state index in [2.05, 4.69) is 29.0 Å². The van der Waals surface area contributed by atoms with Gasteiger partial charge in [-0.15, -0.1) is 28.1 Å². The Bertz CT molecular complexity index is 1230. The van der Waals surface area contributed by atoms with Crippen molar-refractivity contribution < 1.29 is 19.1 Å². The molecule has 2 heterocycles. The van der Waals surface area contributed by atoms with Crippen molar-refractivity contribution in [1.82, 2.24) is 14.8 Å². The van der Waals surface area contributed by atoms with Crippen LogP contribution < -0.4 is 10.1 Å². The highest BCUT2D eigenvalue weighted by Gasteiger charge is 2.29. The monoisotopic (exact) mass is 512 g/mol. The number of thiophene rings is 1. The van der Waals surface area contributed by atoms with Crippen molar-refractivity contribution >= 4 is 40.0 Å². The molecule has 1 aliphatic carbocycles. The highest BCUT2D eigenvalue weighted by Crippen LogP contribution is 2.40. The van der Waals surface area contributed by atoms with Gasteiger partial charge in [-0.25, -0.2) is 4.79 Å². The van der Waals surface area contributed by atoms with Crippen LogP contribution in [0.5, 0.6) is 5.75 Å². The number of thioether (sulfide) groups is 1. The van der Waals surface area contributed by atoms with Gasteiger partial charge >= 0.3 is 5.97 Å². The van der Waals surface area contributed by atoms with Crippen LogP contribution in [0.25, 0.3) is 11.4 Å². The molecule has 0 radical (unpaired) electrons. The van der Waals surface area contributed by atoms with Crippen molar-refractivity contribution in [3.63, 3.8) is 0 Å². The molecule has 1 amide bonds. The van der Waals surface area contributed by atoms with Gasteiger partial charge in [0.25, 0.3) is 0 Å². The summed E-state index contributed by atoms with van der Waals surface area (Å²) in [4.78, 5) is 26.5. The number of hydrogen-bond acceptors (Lipinski definition) is 8. The zero-order chi connectivity index (χ0) is 24.9. The van der Waals surface area contributed by atoms with Gasteiger partial charge in [0.1, 0.15) is 10.8 Å². The number of rotatable bonds is 9. The lowest BCUT2D eigenvalue weighted by atomic mass is 9.88. The van der Waals surface area contributed by atoms with Gasteiger partial charge in [0, 0.05) is 17.0 Å². The summed E-state index contributed by atoms with van der Waals surface area (Å²) in [5.41, 5.74) is 2.39. The molecule has 1 unspecified atom stereocenters. The number of carbonyl (C=O) groups is 2. The Morgan fingerprint density at radius 3 is 2.74 bits per heavy atom. The van der Waals surface area contributed by atoms with E-state index in [0.717, 1.165) is 41.0 Å². The third-order valence-corrected chi connectivity index (χ3v) is 8.00. The molecule has 0 spiro atoms. The topological polar surface area (TPSA) is 95.3 Å². The Kier molecular flexibility index (Phi) is 7.92. The second-order valence-corrected chi connectivity index (χ2v) is 10.4. The SMILES string of the molecule is C=CCn1c(SCC(=O)Nc2sc3c(c2C(=O)OC)CCC(C)C3)nnc1-c1ccc(OC)cc1. The minimum Gasteiger partial charge on any atom is -0.497 e. The van der Waals surface area contributed by atoms with E-state index in [1.165, 1.54) is 30.2 Å². The standard InChI is InChI=1S/C25H28N4O4S2/c1-5-12-29-22(16-7-9-17(32-3)10-8-16)27-28-25(29)34-14-20(30)26-23-21(24(31)33-4)18-11-6-15(2)13-19(18)35-23/h5,7-10,15H,1,6,11-14H2,2-4H3,(H,26,30). The molecule has 1 N–H and O–H groups in total. The summed E-state index contributed by atoms with van der Waals surface area (Å²) in [6.07, 6.45) is 4.51. The molecule has 1 aromatic carbocycles. The fraction of sp³-hybridized carbons (Fsp3) is 0.360. The highest BCUT2D eigenvalue weighted by atomic mass is 32.2. The zero-order valence-electron chi connectivity index (χ0n) is 20.0. The number of allylic oxidation sites excluding steroid dienone is 1. The molecular formula is C25H28N4O4S2. The number of hydrogen-bond donors (Lipinski definition) is 1. The lowest BCUT2D eigenvalue weighted by molar-refractivity contribution is -0.113. The third kappa shape index (κ3) is 5.43. The second kappa shape index (κ2) is 11.1. The molecule has 35 heavy (non-hydrogen) atoms. The largest absolute Gasteiger partial charge is 0.497 e. The summed E-state index contributed by atoms with van der Waals surface area (Å²) in [6.45, 7) is 6.54. The number of ether oxygens (including phenoxy) is 2. The van der Waals surface area contributed by atoms with Crippen LogP contribution in [-0.4, -0.2) is 46.6 Å². The molecule has 0 aliphatic heterocycles. The normalized spacial score (nSPS) is 14.8. The van der Waals surface area contributed by atoms with E-state index in [4.69, 9.17) is 9.47 Å². The van der Waals surface area contributed by atoms with Crippen LogP contribution in [0.15, 0.2) is 42.1 Å². The zero-order valence-corrected chi connectivity index (χ0v) is 21.6. The van der Waals surface area contributed by atoms with Crippen molar-refractivity contribution in [2.45, 2.75) is 37.9 Å².